The van der Waals surface area contributed by atoms with Gasteiger partial charge in [-0.05, 0) is 49.3 Å². The molecule has 1 atom stereocenters. The molecule has 146 valence electrons. The summed E-state index contributed by atoms with van der Waals surface area (Å²) in [5.41, 5.74) is 2.44. The third kappa shape index (κ3) is 3.21. The second-order valence-corrected chi connectivity index (χ2v) is 8.31. The van der Waals surface area contributed by atoms with E-state index >= 15 is 0 Å². The van der Waals surface area contributed by atoms with E-state index in [0.717, 1.165) is 36.1 Å². The van der Waals surface area contributed by atoms with Crippen molar-refractivity contribution in [3.8, 4) is 0 Å². The number of benzene rings is 2. The minimum Gasteiger partial charge on any atom is -0.351 e. The zero-order valence-electron chi connectivity index (χ0n) is 16.7. The predicted molar refractivity (Wildman–Crippen MR) is 111 cm³/mol. The van der Waals surface area contributed by atoms with Crippen molar-refractivity contribution in [1.29, 1.82) is 0 Å². The molecule has 28 heavy (non-hydrogen) atoms. The van der Waals surface area contributed by atoms with Gasteiger partial charge in [-0.2, -0.15) is 0 Å². The van der Waals surface area contributed by atoms with E-state index < -0.39 is 5.41 Å². The highest BCUT2D eigenvalue weighted by molar-refractivity contribution is 6.08. The fraction of sp³-hybridized carbons (Fsp3) is 0.417. The molecule has 0 radical (unpaired) electrons. The Balaban J connectivity index is 1.63. The van der Waals surface area contributed by atoms with Crippen LogP contribution in [0.15, 0.2) is 54.6 Å². The van der Waals surface area contributed by atoms with Gasteiger partial charge in [0.05, 0.1) is 5.41 Å². The molecule has 2 amide bonds. The van der Waals surface area contributed by atoms with Gasteiger partial charge in [-0.3, -0.25) is 9.59 Å². The number of carbonyl (C=O) groups excluding carboxylic acids is 2. The number of carbonyl (C=O) groups is 2. The van der Waals surface area contributed by atoms with Crippen LogP contribution < -0.4 is 10.2 Å². The molecule has 1 aliphatic carbocycles. The van der Waals surface area contributed by atoms with E-state index in [-0.39, 0.29) is 17.4 Å². The van der Waals surface area contributed by atoms with E-state index in [1.807, 2.05) is 49.5 Å². The van der Waals surface area contributed by atoms with Crippen molar-refractivity contribution in [2.75, 3.05) is 11.9 Å². The number of likely N-dealkylation sites (N-methyl/N-ethyl adjacent to an activating group) is 1. The molecule has 0 unspecified atom stereocenters. The van der Waals surface area contributed by atoms with Crippen LogP contribution in [0, 0.1) is 0 Å². The number of hydrogen-bond donors (Lipinski definition) is 1. The molecule has 2 aromatic carbocycles. The maximum atomic E-state index is 13.4. The third-order valence-corrected chi connectivity index (χ3v) is 6.56. The zero-order chi connectivity index (χ0) is 19.8. The SMILES string of the molecule is CCC1(NC(=O)CC[C@]2(Cc3ccccc3)C(=O)N(C)c3ccccc32)CC1. The average molecular weight is 377 g/mol. The van der Waals surface area contributed by atoms with Crippen LogP contribution in [0.5, 0.6) is 0 Å². The summed E-state index contributed by atoms with van der Waals surface area (Å²) in [5, 5.41) is 3.21. The Kier molecular flexibility index (Phi) is 4.74. The van der Waals surface area contributed by atoms with Gasteiger partial charge < -0.3 is 10.2 Å². The number of para-hydroxylation sites is 1. The second-order valence-electron chi connectivity index (χ2n) is 8.31. The summed E-state index contributed by atoms with van der Waals surface area (Å²) in [6.45, 7) is 2.12. The lowest BCUT2D eigenvalue weighted by Gasteiger charge is -2.29. The Labute approximate surface area is 166 Å². The molecule has 0 bridgehead atoms. The van der Waals surface area contributed by atoms with Crippen molar-refractivity contribution >= 4 is 17.5 Å². The van der Waals surface area contributed by atoms with Crippen molar-refractivity contribution in [2.45, 2.75) is 56.4 Å². The molecule has 2 aromatic rings. The maximum Gasteiger partial charge on any atom is 0.237 e. The van der Waals surface area contributed by atoms with Crippen LogP contribution in [0.25, 0.3) is 0 Å². The van der Waals surface area contributed by atoms with Gasteiger partial charge in [-0.15, -0.1) is 0 Å². The van der Waals surface area contributed by atoms with Crippen LogP contribution in [0.4, 0.5) is 5.69 Å². The lowest BCUT2D eigenvalue weighted by Crippen LogP contribution is -2.42. The third-order valence-electron chi connectivity index (χ3n) is 6.56. The van der Waals surface area contributed by atoms with Gasteiger partial charge in [0.1, 0.15) is 0 Å². The lowest BCUT2D eigenvalue weighted by atomic mass is 9.73. The fourth-order valence-corrected chi connectivity index (χ4v) is 4.56. The van der Waals surface area contributed by atoms with Gasteiger partial charge in [0.15, 0.2) is 0 Å². The molecule has 1 N–H and O–H groups in total. The Bertz CT molecular complexity index is 888. The normalized spacial score (nSPS) is 22.1. The summed E-state index contributed by atoms with van der Waals surface area (Å²) in [4.78, 5) is 27.9. The van der Waals surface area contributed by atoms with Crippen LogP contribution in [-0.2, 0) is 21.4 Å². The maximum absolute atomic E-state index is 13.4. The molecule has 0 aromatic heterocycles. The van der Waals surface area contributed by atoms with Gasteiger partial charge in [-0.25, -0.2) is 0 Å². The van der Waals surface area contributed by atoms with Crippen molar-refractivity contribution in [3.63, 3.8) is 0 Å². The molecule has 1 fully saturated rings. The highest BCUT2D eigenvalue weighted by Gasteiger charge is 2.50. The summed E-state index contributed by atoms with van der Waals surface area (Å²) in [7, 11) is 1.84. The van der Waals surface area contributed by atoms with Gasteiger partial charge in [-0.1, -0.05) is 55.5 Å². The Hall–Kier alpha value is -2.62. The molecule has 1 heterocycles. The standard InChI is InChI=1S/C24H28N2O2/c1-3-23(15-16-23)25-21(27)13-14-24(17-18-9-5-4-6-10-18)19-11-7-8-12-20(19)26(2)22(24)28/h4-12H,3,13-17H2,1-2H3,(H,25,27)/t24-/m1/s1. The van der Waals surface area contributed by atoms with Crippen LogP contribution in [-0.4, -0.2) is 24.4 Å². The van der Waals surface area contributed by atoms with Gasteiger partial charge in [0, 0.05) is 24.7 Å². The van der Waals surface area contributed by atoms with E-state index in [9.17, 15) is 9.59 Å². The first kappa shape index (κ1) is 18.7. The van der Waals surface area contributed by atoms with Gasteiger partial charge >= 0.3 is 0 Å². The highest BCUT2D eigenvalue weighted by Crippen LogP contribution is 2.46. The molecule has 1 aliphatic heterocycles. The second kappa shape index (κ2) is 7.08. The van der Waals surface area contributed by atoms with Crippen LogP contribution >= 0.6 is 0 Å². The first-order valence-electron chi connectivity index (χ1n) is 10.2. The minimum atomic E-state index is -0.688. The molecular formula is C24H28N2O2. The van der Waals surface area contributed by atoms with Crippen molar-refractivity contribution < 1.29 is 9.59 Å². The van der Waals surface area contributed by atoms with E-state index in [4.69, 9.17) is 0 Å². The summed E-state index contributed by atoms with van der Waals surface area (Å²) >= 11 is 0. The predicted octanol–water partition coefficient (Wildman–Crippen LogP) is 3.98. The summed E-state index contributed by atoms with van der Waals surface area (Å²) in [6.07, 6.45) is 4.60. The highest BCUT2D eigenvalue weighted by atomic mass is 16.2. The molecular weight excluding hydrogens is 348 g/mol. The molecule has 2 aliphatic rings. The van der Waals surface area contributed by atoms with Crippen LogP contribution in [0.1, 0.15) is 50.2 Å². The summed E-state index contributed by atoms with van der Waals surface area (Å²) in [5.74, 6) is 0.147. The van der Waals surface area contributed by atoms with Crippen molar-refractivity contribution in [2.24, 2.45) is 0 Å². The number of nitrogens with one attached hydrogen (secondary N) is 1. The largest absolute Gasteiger partial charge is 0.351 e. The number of hydrogen-bond acceptors (Lipinski definition) is 2. The van der Waals surface area contributed by atoms with Crippen LogP contribution in [0.2, 0.25) is 0 Å². The minimum absolute atomic E-state index is 0.0120. The Morgan fingerprint density at radius 2 is 1.75 bits per heavy atom. The topological polar surface area (TPSA) is 49.4 Å². The van der Waals surface area contributed by atoms with Crippen molar-refractivity contribution in [3.05, 3.63) is 65.7 Å². The Morgan fingerprint density at radius 3 is 2.43 bits per heavy atom. The van der Waals surface area contributed by atoms with Crippen LogP contribution in [0.3, 0.4) is 0 Å². The number of amides is 2. The van der Waals surface area contributed by atoms with Gasteiger partial charge in [0.2, 0.25) is 11.8 Å². The Morgan fingerprint density at radius 1 is 1.07 bits per heavy atom. The first-order valence-corrected chi connectivity index (χ1v) is 10.2. The van der Waals surface area contributed by atoms with E-state index in [0.29, 0.717) is 19.3 Å². The molecule has 0 spiro atoms. The number of nitrogens with zero attached hydrogens (tertiary/aromatic N) is 1. The number of fused-ring (bicyclic) bond motifs is 1. The summed E-state index contributed by atoms with van der Waals surface area (Å²) in [6, 6.07) is 18.1. The molecule has 0 saturated heterocycles. The smallest absolute Gasteiger partial charge is 0.237 e. The lowest BCUT2D eigenvalue weighted by molar-refractivity contribution is -0.125. The van der Waals surface area contributed by atoms with E-state index in [1.165, 1.54) is 0 Å². The van der Waals surface area contributed by atoms with E-state index in [2.05, 4.69) is 24.4 Å². The number of rotatable bonds is 7. The quantitative estimate of drug-likeness (QED) is 0.794. The molecule has 4 rings (SSSR count). The monoisotopic (exact) mass is 376 g/mol. The average Bonchev–Trinajstić information content (AvgIpc) is 3.47. The molecule has 4 heteroatoms. The summed E-state index contributed by atoms with van der Waals surface area (Å²) < 4.78 is 0. The zero-order valence-corrected chi connectivity index (χ0v) is 16.7. The van der Waals surface area contributed by atoms with Crippen molar-refractivity contribution in [1.82, 2.24) is 5.32 Å². The molecule has 4 nitrogen and oxygen atoms in total. The van der Waals surface area contributed by atoms with Gasteiger partial charge in [0.25, 0.3) is 0 Å². The number of anilines is 1. The molecule has 1 saturated carbocycles. The first-order chi connectivity index (χ1) is 13.5. The fourth-order valence-electron chi connectivity index (χ4n) is 4.56. The van der Waals surface area contributed by atoms with E-state index in [1.54, 1.807) is 4.90 Å².